The van der Waals surface area contributed by atoms with Crippen LogP contribution in [0.3, 0.4) is 0 Å². The molecule has 5 nitrogen and oxygen atoms in total. The Hall–Kier alpha value is -1.59. The number of guanidine groups is 1. The molecule has 1 atom stereocenters. The van der Waals surface area contributed by atoms with Crippen LogP contribution >= 0.6 is 0 Å². The van der Waals surface area contributed by atoms with Crippen molar-refractivity contribution >= 4 is 5.96 Å². The molecule has 2 rings (SSSR count). The van der Waals surface area contributed by atoms with E-state index in [0.29, 0.717) is 5.92 Å². The van der Waals surface area contributed by atoms with Gasteiger partial charge in [0.25, 0.3) is 0 Å². The largest absolute Gasteiger partial charge is 0.381 e. The predicted octanol–water partition coefficient (Wildman–Crippen LogP) is 2.57. The maximum atomic E-state index is 5.72. The van der Waals surface area contributed by atoms with Gasteiger partial charge < -0.3 is 20.1 Å². The van der Waals surface area contributed by atoms with E-state index >= 15 is 0 Å². The van der Waals surface area contributed by atoms with E-state index in [2.05, 4.69) is 59.8 Å². The first-order chi connectivity index (χ1) is 12.1. The molecule has 0 bridgehead atoms. The molecular formula is C20H33N3O2. The van der Waals surface area contributed by atoms with Gasteiger partial charge in [-0.3, -0.25) is 4.99 Å². The van der Waals surface area contributed by atoms with E-state index in [-0.39, 0.29) is 5.41 Å². The van der Waals surface area contributed by atoms with E-state index < -0.39 is 0 Å². The summed E-state index contributed by atoms with van der Waals surface area (Å²) in [5.41, 5.74) is 1.37. The zero-order chi connectivity index (χ0) is 18.0. The smallest absolute Gasteiger partial charge is 0.191 e. The number of rotatable bonds is 9. The zero-order valence-corrected chi connectivity index (χ0v) is 15.9. The average Bonchev–Trinajstić information content (AvgIpc) is 3.14. The second kappa shape index (κ2) is 10.4. The van der Waals surface area contributed by atoms with Gasteiger partial charge in [0.2, 0.25) is 0 Å². The number of nitrogens with zero attached hydrogens (tertiary/aromatic N) is 1. The van der Waals surface area contributed by atoms with Crippen molar-refractivity contribution < 1.29 is 9.47 Å². The molecule has 0 aromatic heterocycles. The van der Waals surface area contributed by atoms with E-state index in [1.54, 1.807) is 7.05 Å². The molecule has 1 saturated heterocycles. The Morgan fingerprint density at radius 1 is 1.28 bits per heavy atom. The Balaban J connectivity index is 1.60. The molecule has 0 saturated carbocycles. The lowest BCUT2D eigenvalue weighted by Crippen LogP contribution is -2.43. The minimum absolute atomic E-state index is 0.0470. The second-order valence-electron chi connectivity index (χ2n) is 7.26. The summed E-state index contributed by atoms with van der Waals surface area (Å²) in [4.78, 5) is 4.30. The minimum atomic E-state index is 0.0470. The standard InChI is InChI=1S/C20H33N3O2/c1-20(2,18-8-5-4-6-9-18)16-23-19(21-3)22-11-7-12-24-14-17-10-13-25-15-17/h4-6,8-9,17H,7,10-16H2,1-3H3,(H2,21,22,23). The van der Waals surface area contributed by atoms with Crippen molar-refractivity contribution in [3.05, 3.63) is 35.9 Å². The summed E-state index contributed by atoms with van der Waals surface area (Å²) in [6, 6.07) is 10.6. The number of nitrogens with one attached hydrogen (secondary N) is 2. The van der Waals surface area contributed by atoms with Crippen LogP contribution in [0.5, 0.6) is 0 Å². The highest BCUT2D eigenvalue weighted by Crippen LogP contribution is 2.21. The van der Waals surface area contributed by atoms with Gasteiger partial charge >= 0.3 is 0 Å². The number of hydrogen-bond donors (Lipinski definition) is 2. The molecule has 0 spiro atoms. The van der Waals surface area contributed by atoms with Gasteiger partial charge in [0, 0.05) is 44.7 Å². The normalized spacial score (nSPS) is 18.4. The summed E-state index contributed by atoms with van der Waals surface area (Å²) in [5.74, 6) is 1.43. The number of ether oxygens (including phenoxy) is 2. The lowest BCUT2D eigenvalue weighted by molar-refractivity contribution is 0.0888. The first kappa shape index (κ1) is 19.7. The van der Waals surface area contributed by atoms with Crippen molar-refractivity contribution in [1.29, 1.82) is 0 Å². The summed E-state index contributed by atoms with van der Waals surface area (Å²) in [5, 5.41) is 6.78. The third kappa shape index (κ3) is 7.04. The summed E-state index contributed by atoms with van der Waals surface area (Å²) in [7, 11) is 1.81. The van der Waals surface area contributed by atoms with Crippen LogP contribution in [0.4, 0.5) is 0 Å². The van der Waals surface area contributed by atoms with Gasteiger partial charge in [0.1, 0.15) is 0 Å². The summed E-state index contributed by atoms with van der Waals surface area (Å²) in [6.07, 6.45) is 2.10. The van der Waals surface area contributed by atoms with Crippen LogP contribution in [0.1, 0.15) is 32.3 Å². The predicted molar refractivity (Wildman–Crippen MR) is 103 cm³/mol. The molecule has 140 valence electrons. The Kier molecular flexibility index (Phi) is 8.22. The van der Waals surface area contributed by atoms with Crippen molar-refractivity contribution in [3.63, 3.8) is 0 Å². The third-order valence-corrected chi connectivity index (χ3v) is 4.61. The fourth-order valence-corrected chi connectivity index (χ4v) is 2.86. The molecule has 0 amide bonds. The maximum Gasteiger partial charge on any atom is 0.191 e. The topological polar surface area (TPSA) is 54.9 Å². The molecule has 1 aliphatic rings. The zero-order valence-electron chi connectivity index (χ0n) is 15.9. The summed E-state index contributed by atoms with van der Waals surface area (Å²) >= 11 is 0. The van der Waals surface area contributed by atoms with Crippen molar-refractivity contribution in [2.24, 2.45) is 10.9 Å². The van der Waals surface area contributed by atoms with Crippen LogP contribution in [0.25, 0.3) is 0 Å². The first-order valence-corrected chi connectivity index (χ1v) is 9.27. The molecule has 1 aromatic carbocycles. The third-order valence-electron chi connectivity index (χ3n) is 4.61. The summed E-state index contributed by atoms with van der Waals surface area (Å²) < 4.78 is 11.1. The second-order valence-corrected chi connectivity index (χ2v) is 7.26. The molecule has 1 aliphatic heterocycles. The molecule has 1 unspecified atom stereocenters. The molecule has 25 heavy (non-hydrogen) atoms. The fraction of sp³-hybridized carbons (Fsp3) is 0.650. The molecule has 5 heteroatoms. The van der Waals surface area contributed by atoms with E-state index in [4.69, 9.17) is 9.47 Å². The Labute approximate surface area is 152 Å². The van der Waals surface area contributed by atoms with Gasteiger partial charge in [-0.05, 0) is 18.4 Å². The van der Waals surface area contributed by atoms with Crippen molar-refractivity contribution in [3.8, 4) is 0 Å². The molecule has 0 radical (unpaired) electrons. The molecule has 1 aromatic rings. The minimum Gasteiger partial charge on any atom is -0.381 e. The molecule has 1 heterocycles. The van der Waals surface area contributed by atoms with E-state index in [1.165, 1.54) is 5.56 Å². The number of hydrogen-bond acceptors (Lipinski definition) is 3. The Morgan fingerprint density at radius 2 is 2.08 bits per heavy atom. The fourth-order valence-electron chi connectivity index (χ4n) is 2.86. The van der Waals surface area contributed by atoms with Gasteiger partial charge in [0.05, 0.1) is 13.2 Å². The highest BCUT2D eigenvalue weighted by Gasteiger charge is 2.20. The lowest BCUT2D eigenvalue weighted by Gasteiger charge is -2.26. The highest BCUT2D eigenvalue weighted by atomic mass is 16.5. The SMILES string of the molecule is CN=C(NCCCOCC1CCOC1)NCC(C)(C)c1ccccc1. The van der Waals surface area contributed by atoms with Crippen LogP contribution in [0, 0.1) is 5.92 Å². The number of aliphatic imine (C=N–C) groups is 1. The molecule has 2 N–H and O–H groups in total. The van der Waals surface area contributed by atoms with Crippen LogP contribution in [-0.2, 0) is 14.9 Å². The van der Waals surface area contributed by atoms with Gasteiger partial charge in [-0.15, -0.1) is 0 Å². The maximum absolute atomic E-state index is 5.72. The monoisotopic (exact) mass is 347 g/mol. The van der Waals surface area contributed by atoms with Crippen LogP contribution in [0.15, 0.2) is 35.3 Å². The van der Waals surface area contributed by atoms with E-state index in [9.17, 15) is 0 Å². The van der Waals surface area contributed by atoms with Gasteiger partial charge in [-0.2, -0.15) is 0 Å². The molecule has 1 fully saturated rings. The van der Waals surface area contributed by atoms with Gasteiger partial charge in [-0.25, -0.2) is 0 Å². The lowest BCUT2D eigenvalue weighted by atomic mass is 9.85. The van der Waals surface area contributed by atoms with Crippen LogP contribution in [0.2, 0.25) is 0 Å². The van der Waals surface area contributed by atoms with E-state index in [1.807, 2.05) is 0 Å². The van der Waals surface area contributed by atoms with Gasteiger partial charge in [-0.1, -0.05) is 44.2 Å². The summed E-state index contributed by atoms with van der Waals surface area (Å²) in [6.45, 7) is 9.49. The van der Waals surface area contributed by atoms with Crippen molar-refractivity contribution in [2.45, 2.75) is 32.1 Å². The first-order valence-electron chi connectivity index (χ1n) is 9.27. The molecule has 0 aliphatic carbocycles. The quantitative estimate of drug-likeness (QED) is 0.410. The Bertz CT molecular complexity index is 511. The average molecular weight is 348 g/mol. The van der Waals surface area contributed by atoms with Crippen molar-refractivity contribution in [1.82, 2.24) is 10.6 Å². The van der Waals surface area contributed by atoms with Crippen LogP contribution in [-0.4, -0.2) is 52.5 Å². The molecular weight excluding hydrogens is 314 g/mol. The van der Waals surface area contributed by atoms with Gasteiger partial charge in [0.15, 0.2) is 5.96 Å². The van der Waals surface area contributed by atoms with Crippen LogP contribution < -0.4 is 10.6 Å². The number of benzene rings is 1. The highest BCUT2D eigenvalue weighted by molar-refractivity contribution is 5.79. The van der Waals surface area contributed by atoms with E-state index in [0.717, 1.165) is 58.3 Å². The Morgan fingerprint density at radius 3 is 2.76 bits per heavy atom. The van der Waals surface area contributed by atoms with Crippen molar-refractivity contribution in [2.75, 3.05) is 46.6 Å².